The van der Waals surface area contributed by atoms with Crippen molar-refractivity contribution in [1.29, 1.82) is 0 Å². The molecule has 0 heterocycles. The van der Waals surface area contributed by atoms with Crippen molar-refractivity contribution in [1.82, 2.24) is 9.44 Å². The van der Waals surface area contributed by atoms with Crippen LogP contribution in [0.3, 0.4) is 0 Å². The number of rotatable bonds is 4. The first-order valence-electron chi connectivity index (χ1n) is 2.26. The van der Waals surface area contributed by atoms with Gasteiger partial charge in [0, 0.05) is 6.54 Å². The number of nitrogens with one attached hydrogen (secondary N) is 2. The van der Waals surface area contributed by atoms with Crippen LogP contribution in [0, 0.1) is 0 Å². The maximum atomic E-state index is 10.3. The highest BCUT2D eigenvalue weighted by Crippen LogP contribution is 1.69. The fourth-order valence-corrected chi connectivity index (χ4v) is 0.843. The molecule has 0 aliphatic carbocycles. The lowest BCUT2D eigenvalue weighted by molar-refractivity contribution is 0.544. The van der Waals surface area contributed by atoms with E-state index in [1.165, 1.54) is 4.72 Å². The number of hydrogen-bond donors (Lipinski definition) is 2. The van der Waals surface area contributed by atoms with E-state index in [9.17, 15) is 13.2 Å². The van der Waals surface area contributed by atoms with Gasteiger partial charge in [0.1, 0.15) is 0 Å². The smallest absolute Gasteiger partial charge is 0.262 e. The van der Waals surface area contributed by atoms with Gasteiger partial charge in [-0.05, 0) is 0 Å². The second-order valence-corrected chi connectivity index (χ2v) is 2.71. The predicted octanol–water partition coefficient (Wildman–Crippen LogP) is -1.50. The lowest BCUT2D eigenvalue weighted by Gasteiger charge is -1.97. The molecule has 0 saturated carbocycles. The van der Waals surface area contributed by atoms with E-state index in [4.69, 9.17) is 0 Å². The third-order valence-corrected chi connectivity index (χ3v) is 1.53. The fourth-order valence-electron chi connectivity index (χ4n) is 0.281. The van der Waals surface area contributed by atoms with E-state index in [2.05, 4.69) is 0 Å². The quantitative estimate of drug-likeness (QED) is 0.480. The van der Waals surface area contributed by atoms with Crippen molar-refractivity contribution >= 4 is 16.6 Å². The van der Waals surface area contributed by atoms with Crippen LogP contribution in [0.15, 0.2) is 0 Å². The van der Waals surface area contributed by atoms with Gasteiger partial charge in [0.25, 0.3) is 0 Å². The Bertz CT molecular complexity index is 173. The molecular formula is C3H7N2O3S. The largest absolute Gasteiger partial charge is 0.324 e. The first-order valence-corrected chi connectivity index (χ1v) is 3.74. The Kier molecular flexibility index (Phi) is 3.18. The topological polar surface area (TPSA) is 75.3 Å². The van der Waals surface area contributed by atoms with Crippen molar-refractivity contribution in [2.75, 3.05) is 6.54 Å². The van der Waals surface area contributed by atoms with Crippen LogP contribution >= 0.6 is 0 Å². The van der Waals surface area contributed by atoms with Crippen molar-refractivity contribution in [3.8, 4) is 0 Å². The molecule has 0 atom stereocenters. The molecule has 2 N–H and O–H groups in total. The maximum Gasteiger partial charge on any atom is 0.324 e. The van der Waals surface area contributed by atoms with Crippen LogP contribution in [-0.4, -0.2) is 21.4 Å². The van der Waals surface area contributed by atoms with Crippen LogP contribution in [0.1, 0.15) is 6.92 Å². The van der Waals surface area contributed by atoms with E-state index in [-0.39, 0.29) is 6.54 Å². The van der Waals surface area contributed by atoms with Crippen molar-refractivity contribution in [3.63, 3.8) is 0 Å². The van der Waals surface area contributed by atoms with Gasteiger partial charge >= 0.3 is 16.6 Å². The fraction of sp³-hybridized carbons (Fsp3) is 0.667. The second-order valence-electron chi connectivity index (χ2n) is 1.21. The molecule has 53 valence electrons. The zero-order valence-corrected chi connectivity index (χ0v) is 5.66. The molecule has 0 unspecified atom stereocenters. The van der Waals surface area contributed by atoms with Gasteiger partial charge in [-0.2, -0.15) is 13.1 Å². The molecule has 0 aromatic carbocycles. The average molecular weight is 151 g/mol. The van der Waals surface area contributed by atoms with Crippen LogP contribution in [-0.2, 0) is 15.0 Å². The molecule has 0 saturated heterocycles. The monoisotopic (exact) mass is 151 g/mol. The molecule has 0 aromatic rings. The molecule has 0 aromatic heterocycles. The van der Waals surface area contributed by atoms with Crippen molar-refractivity contribution in [2.24, 2.45) is 0 Å². The summed E-state index contributed by atoms with van der Waals surface area (Å²) in [5.41, 5.74) is 0. The molecule has 0 aliphatic rings. The van der Waals surface area contributed by atoms with Crippen LogP contribution in [0.25, 0.3) is 0 Å². The second kappa shape index (κ2) is 3.41. The highest BCUT2D eigenvalue weighted by atomic mass is 32.2. The standard InChI is InChI=1S/C3H7N2O3S/c1-2-4-9(7,8)5-3-6/h4H,2H2,1H3,(H,5,6). The van der Waals surface area contributed by atoms with Gasteiger partial charge in [0.2, 0.25) is 0 Å². The minimum Gasteiger partial charge on any atom is -0.262 e. The van der Waals surface area contributed by atoms with Gasteiger partial charge in [0.15, 0.2) is 0 Å². The molecule has 5 nitrogen and oxygen atoms in total. The van der Waals surface area contributed by atoms with E-state index in [0.29, 0.717) is 0 Å². The summed E-state index contributed by atoms with van der Waals surface area (Å²) in [5.74, 6) is 0. The highest BCUT2D eigenvalue weighted by molar-refractivity contribution is 7.88. The molecule has 0 fully saturated rings. The Morgan fingerprint density at radius 2 is 2.11 bits per heavy atom. The number of hydrogen-bond acceptors (Lipinski definition) is 3. The maximum absolute atomic E-state index is 10.3. The summed E-state index contributed by atoms with van der Waals surface area (Å²) in [4.78, 5) is 9.44. The van der Waals surface area contributed by atoms with E-state index in [1.54, 1.807) is 6.92 Å². The zero-order valence-electron chi connectivity index (χ0n) is 4.84. The summed E-state index contributed by atoms with van der Waals surface area (Å²) in [6, 6.07) is 0. The molecule has 0 bridgehead atoms. The molecular weight excluding hydrogens is 144 g/mol. The summed E-state index contributed by atoms with van der Waals surface area (Å²) in [7, 11) is -3.61. The van der Waals surface area contributed by atoms with Crippen LogP contribution in [0.4, 0.5) is 0 Å². The Balaban J connectivity index is 3.88. The van der Waals surface area contributed by atoms with Gasteiger partial charge in [-0.25, -0.2) is 4.72 Å². The highest BCUT2D eigenvalue weighted by Gasteiger charge is 2.03. The van der Waals surface area contributed by atoms with E-state index >= 15 is 0 Å². The Morgan fingerprint density at radius 3 is 2.44 bits per heavy atom. The molecule has 9 heavy (non-hydrogen) atoms. The van der Waals surface area contributed by atoms with Gasteiger partial charge in [-0.15, -0.1) is 0 Å². The summed E-state index contributed by atoms with van der Waals surface area (Å²) >= 11 is 0. The Morgan fingerprint density at radius 1 is 1.56 bits per heavy atom. The van der Waals surface area contributed by atoms with Gasteiger partial charge in [-0.3, -0.25) is 4.79 Å². The molecule has 6 heteroatoms. The third kappa shape index (κ3) is 3.92. The van der Waals surface area contributed by atoms with E-state index in [1.807, 2.05) is 4.72 Å². The summed E-state index contributed by atoms with van der Waals surface area (Å²) < 4.78 is 24.2. The molecule has 1 radical (unpaired) electrons. The van der Waals surface area contributed by atoms with Crippen molar-refractivity contribution < 1.29 is 13.2 Å². The third-order valence-electron chi connectivity index (χ3n) is 0.510. The van der Waals surface area contributed by atoms with Crippen LogP contribution in [0.5, 0.6) is 0 Å². The average Bonchev–Trinajstić information content (AvgIpc) is 1.64. The van der Waals surface area contributed by atoms with Gasteiger partial charge in [0.05, 0.1) is 0 Å². The predicted molar refractivity (Wildman–Crippen MR) is 31.4 cm³/mol. The van der Waals surface area contributed by atoms with Gasteiger partial charge < -0.3 is 0 Å². The van der Waals surface area contributed by atoms with Crippen molar-refractivity contribution in [3.05, 3.63) is 0 Å². The SMILES string of the molecule is CCNS(=O)(=O)N[C]=O. The Labute approximate surface area is 53.6 Å². The molecule has 0 spiro atoms. The van der Waals surface area contributed by atoms with E-state index in [0.717, 1.165) is 6.41 Å². The van der Waals surface area contributed by atoms with Crippen LogP contribution < -0.4 is 9.44 Å². The van der Waals surface area contributed by atoms with Gasteiger partial charge in [-0.1, -0.05) is 6.92 Å². The normalized spacial score (nSPS) is 10.8. The Hall–Kier alpha value is -0.620. The van der Waals surface area contributed by atoms with Crippen LogP contribution in [0.2, 0.25) is 0 Å². The first kappa shape index (κ1) is 8.38. The number of carbonyl (C=O) groups excluding carboxylic acids is 1. The van der Waals surface area contributed by atoms with Crippen molar-refractivity contribution in [2.45, 2.75) is 6.92 Å². The first-order chi connectivity index (χ1) is 4.12. The molecule has 1 amide bonds. The zero-order chi connectivity index (χ0) is 7.33. The lowest BCUT2D eigenvalue weighted by atomic mass is 10.8. The molecule has 0 aliphatic heterocycles. The lowest BCUT2D eigenvalue weighted by Crippen LogP contribution is -2.35. The summed E-state index contributed by atoms with van der Waals surface area (Å²) in [6.07, 6.45) is 1.04. The number of amides is 1. The summed E-state index contributed by atoms with van der Waals surface area (Å²) in [6.45, 7) is 1.85. The summed E-state index contributed by atoms with van der Waals surface area (Å²) in [5, 5.41) is 0. The van der Waals surface area contributed by atoms with E-state index < -0.39 is 10.2 Å². The minimum absolute atomic E-state index is 0.247. The minimum atomic E-state index is -3.61. The molecule has 0 rings (SSSR count).